The molecule has 11 nitrogen and oxygen atoms in total. The quantitative estimate of drug-likeness (QED) is 0.334. The molecule has 0 fully saturated rings. The molecule has 1 amide bonds. The minimum atomic E-state index is -5.02. The van der Waals surface area contributed by atoms with Gasteiger partial charge in [0.2, 0.25) is 0 Å². The van der Waals surface area contributed by atoms with Crippen LogP contribution in [0.4, 0.5) is 13.2 Å². The highest BCUT2D eigenvalue weighted by Gasteiger charge is 2.41. The number of nitrogens with one attached hydrogen (secondary N) is 1. The maximum absolute atomic E-state index is 13.8. The summed E-state index contributed by atoms with van der Waals surface area (Å²) in [5.41, 5.74) is -1.19. The maximum Gasteiger partial charge on any atom is 0.547 e. The number of hydrogen-bond donors (Lipinski definition) is 2. The summed E-state index contributed by atoms with van der Waals surface area (Å²) in [4.78, 5) is 38.8. The van der Waals surface area contributed by atoms with Crippen LogP contribution in [0.3, 0.4) is 0 Å². The lowest BCUT2D eigenvalue weighted by Crippen LogP contribution is -2.25. The zero-order chi connectivity index (χ0) is 27.8. The normalized spacial score (nSPS) is 14.2. The predicted molar refractivity (Wildman–Crippen MR) is 129 cm³/mol. The Kier molecular flexibility index (Phi) is 7.15. The smallest absolute Gasteiger partial charge is 0.355 e. The fourth-order valence-electron chi connectivity index (χ4n) is 3.82. The Labute approximate surface area is 213 Å². The number of phosphoric acid groups is 1. The molecule has 0 aliphatic rings. The first-order valence-electron chi connectivity index (χ1n) is 10.9. The van der Waals surface area contributed by atoms with Crippen molar-refractivity contribution in [3.63, 3.8) is 0 Å². The number of alkyl halides is 3. The van der Waals surface area contributed by atoms with Crippen molar-refractivity contribution in [1.82, 2.24) is 24.8 Å². The minimum absolute atomic E-state index is 0.0131. The molecule has 2 heterocycles. The number of hydrogen-bond acceptors (Lipinski definition) is 7. The van der Waals surface area contributed by atoms with Crippen LogP contribution in [0.15, 0.2) is 59.8 Å². The van der Waals surface area contributed by atoms with E-state index < -0.39 is 36.9 Å². The number of fused-ring (bicyclic) bond motifs is 1. The molecule has 2 aromatic heterocycles. The molecule has 0 spiro atoms. The molecule has 4 rings (SSSR count). The second kappa shape index (κ2) is 10.0. The molecule has 2 aromatic carbocycles. The third-order valence-corrected chi connectivity index (χ3v) is 6.61. The number of phosphoric ester groups is 1. The van der Waals surface area contributed by atoms with Crippen LogP contribution in [0, 0.1) is 0 Å². The van der Waals surface area contributed by atoms with E-state index in [-0.39, 0.29) is 27.2 Å². The Morgan fingerprint density at radius 1 is 1.21 bits per heavy atom. The molecule has 0 saturated carbocycles. The number of benzene rings is 2. The summed E-state index contributed by atoms with van der Waals surface area (Å²) in [5, 5.41) is 6.11. The molecule has 2 atom stereocenters. The van der Waals surface area contributed by atoms with Gasteiger partial charge in [0, 0.05) is 25.3 Å². The number of halogens is 3. The third kappa shape index (κ3) is 5.19. The largest absolute Gasteiger partial charge is 0.547 e. The molecule has 0 radical (unpaired) electrons. The van der Waals surface area contributed by atoms with Crippen LogP contribution in [0.2, 0.25) is 0 Å². The van der Waals surface area contributed by atoms with Crippen molar-refractivity contribution in [2.24, 2.45) is 0 Å². The SMILES string of the molecule is CNC(=O)c1cccc(C(C)n2cnc3cc(-c4cnn(OP(=O)(O)OC)c4C(F)(F)F)ccc3c2=O)c1. The Morgan fingerprint density at radius 3 is 2.61 bits per heavy atom. The summed E-state index contributed by atoms with van der Waals surface area (Å²) in [7, 11) is -2.55. The number of nitrogens with zero attached hydrogens (tertiary/aromatic N) is 4. The number of carbonyl (C=O) groups is 1. The molecule has 0 aliphatic heterocycles. The van der Waals surface area contributed by atoms with Crippen LogP contribution in [0.25, 0.3) is 22.0 Å². The minimum Gasteiger partial charge on any atom is -0.355 e. The summed E-state index contributed by atoms with van der Waals surface area (Å²) in [6.07, 6.45) is -2.95. The van der Waals surface area contributed by atoms with E-state index in [2.05, 4.69) is 24.5 Å². The van der Waals surface area contributed by atoms with Gasteiger partial charge in [0.1, 0.15) is 0 Å². The zero-order valence-corrected chi connectivity index (χ0v) is 21.0. The Hall–Kier alpha value is -4.00. The van der Waals surface area contributed by atoms with E-state index >= 15 is 0 Å². The lowest BCUT2D eigenvalue weighted by Gasteiger charge is -2.17. The lowest BCUT2D eigenvalue weighted by atomic mass is 10.0. The van der Waals surface area contributed by atoms with Crippen LogP contribution in [-0.4, -0.2) is 44.5 Å². The van der Waals surface area contributed by atoms with Gasteiger partial charge in [-0.25, -0.2) is 9.55 Å². The van der Waals surface area contributed by atoms with Crippen LogP contribution < -0.4 is 15.5 Å². The van der Waals surface area contributed by atoms with E-state index in [1.54, 1.807) is 31.2 Å². The van der Waals surface area contributed by atoms with Crippen molar-refractivity contribution in [3.8, 4) is 11.1 Å². The topological polar surface area (TPSA) is 138 Å². The molecular weight excluding hydrogens is 530 g/mol. The van der Waals surface area contributed by atoms with Crippen molar-refractivity contribution >= 4 is 24.6 Å². The summed E-state index contributed by atoms with van der Waals surface area (Å²) in [5.74, 6) is -0.286. The van der Waals surface area contributed by atoms with Gasteiger partial charge < -0.3 is 5.32 Å². The maximum atomic E-state index is 13.8. The average molecular weight is 551 g/mol. The molecule has 4 aromatic rings. The Morgan fingerprint density at radius 2 is 1.95 bits per heavy atom. The molecular formula is C23H21F3N5O6P. The van der Waals surface area contributed by atoms with E-state index in [4.69, 9.17) is 0 Å². The molecule has 15 heteroatoms. The number of aromatic nitrogens is 4. The highest BCUT2D eigenvalue weighted by atomic mass is 31.2. The summed E-state index contributed by atoms with van der Waals surface area (Å²) in [6, 6.07) is 10.1. The van der Waals surface area contributed by atoms with Gasteiger partial charge in [0.05, 0.1) is 29.5 Å². The van der Waals surface area contributed by atoms with E-state index in [1.807, 2.05) is 0 Å². The van der Waals surface area contributed by atoms with Crippen molar-refractivity contribution in [1.29, 1.82) is 0 Å². The second-order valence-corrected chi connectivity index (χ2v) is 9.55. The third-order valence-electron chi connectivity index (χ3n) is 5.79. The van der Waals surface area contributed by atoms with Crippen molar-refractivity contribution in [2.45, 2.75) is 19.1 Å². The Balaban J connectivity index is 1.76. The van der Waals surface area contributed by atoms with Crippen LogP contribution in [-0.2, 0) is 15.3 Å². The van der Waals surface area contributed by atoms with Crippen molar-refractivity contribution in [3.05, 3.63) is 82.2 Å². The molecule has 0 aliphatic carbocycles. The standard InChI is InChI=1S/C23H21F3N5O6P/c1-13(14-5-4-6-16(9-14)21(32)27-2)30-12-28-19-10-15(7-8-17(19)22(30)33)18-11-29-31(20(18)23(24,25)26)37-38(34,35)36-3/h4-13H,1-3H3,(H,27,32)(H,34,35). The predicted octanol–water partition coefficient (Wildman–Crippen LogP) is 3.42. The van der Waals surface area contributed by atoms with Gasteiger partial charge in [-0.15, -0.1) is 5.10 Å². The summed E-state index contributed by atoms with van der Waals surface area (Å²) >= 11 is 0. The van der Waals surface area contributed by atoms with Crippen molar-refractivity contribution in [2.75, 3.05) is 14.2 Å². The molecule has 38 heavy (non-hydrogen) atoms. The molecule has 0 bridgehead atoms. The van der Waals surface area contributed by atoms with Gasteiger partial charge in [0.25, 0.3) is 11.5 Å². The van der Waals surface area contributed by atoms with E-state index in [0.29, 0.717) is 11.1 Å². The van der Waals surface area contributed by atoms with Gasteiger partial charge >= 0.3 is 14.0 Å². The van der Waals surface area contributed by atoms with E-state index in [9.17, 15) is 32.2 Å². The molecule has 200 valence electrons. The van der Waals surface area contributed by atoms with Gasteiger partial charge in [-0.05, 0) is 42.3 Å². The number of carbonyl (C=O) groups excluding carboxylic acids is 1. The highest BCUT2D eigenvalue weighted by molar-refractivity contribution is 7.47. The van der Waals surface area contributed by atoms with Gasteiger partial charge in [-0.3, -0.25) is 28.2 Å². The first-order chi connectivity index (χ1) is 17.9. The fraction of sp³-hybridized carbons (Fsp3) is 0.217. The number of rotatable bonds is 7. The van der Waals surface area contributed by atoms with Gasteiger partial charge in [-0.1, -0.05) is 23.0 Å². The highest BCUT2D eigenvalue weighted by Crippen LogP contribution is 2.42. The van der Waals surface area contributed by atoms with Gasteiger partial charge in [0.15, 0.2) is 5.69 Å². The first kappa shape index (κ1) is 27.0. The van der Waals surface area contributed by atoms with Crippen LogP contribution in [0.5, 0.6) is 0 Å². The van der Waals surface area contributed by atoms with E-state index in [0.717, 1.165) is 13.3 Å². The number of amides is 1. The molecule has 2 unspecified atom stereocenters. The second-order valence-electron chi connectivity index (χ2n) is 8.08. The van der Waals surface area contributed by atoms with Crippen LogP contribution in [0.1, 0.15) is 34.6 Å². The van der Waals surface area contributed by atoms with Gasteiger partial charge in [-0.2, -0.15) is 13.2 Å². The Bertz CT molecular complexity index is 1630. The average Bonchev–Trinajstić information content (AvgIpc) is 3.31. The summed E-state index contributed by atoms with van der Waals surface area (Å²) < 4.78 is 63.1. The van der Waals surface area contributed by atoms with E-state index in [1.165, 1.54) is 36.1 Å². The monoisotopic (exact) mass is 551 g/mol. The zero-order valence-electron chi connectivity index (χ0n) is 20.1. The fourth-order valence-corrected chi connectivity index (χ4v) is 4.21. The molecule has 0 saturated heterocycles. The van der Waals surface area contributed by atoms with Crippen molar-refractivity contribution < 1.29 is 36.6 Å². The van der Waals surface area contributed by atoms with Crippen LogP contribution >= 0.6 is 7.82 Å². The first-order valence-corrected chi connectivity index (χ1v) is 12.4. The summed E-state index contributed by atoms with van der Waals surface area (Å²) in [6.45, 7) is 1.75. The lowest BCUT2D eigenvalue weighted by molar-refractivity contribution is -0.149. The molecule has 2 N–H and O–H groups in total.